The number of benzene rings is 1. The number of pyridine rings is 1. The maximum atomic E-state index is 12.4. The monoisotopic (exact) mass is 336 g/mol. The average Bonchev–Trinajstić information content (AvgIpc) is 2.53. The Kier molecular flexibility index (Phi) is 4.50. The molecule has 1 aliphatic rings. The maximum Gasteiger partial charge on any atom is 0.228 e. The van der Waals surface area contributed by atoms with Crippen molar-refractivity contribution in [1.29, 1.82) is 0 Å². The Morgan fingerprint density at radius 2 is 2.23 bits per heavy atom. The van der Waals surface area contributed by atoms with E-state index in [2.05, 4.69) is 10.3 Å². The van der Waals surface area contributed by atoms with Crippen molar-refractivity contribution in [1.82, 2.24) is 10.3 Å². The van der Waals surface area contributed by atoms with Crippen molar-refractivity contribution in [2.45, 2.75) is 18.9 Å². The zero-order chi connectivity index (χ0) is 15.5. The number of halogens is 2. The molecule has 0 fully saturated rings. The minimum absolute atomic E-state index is 0.0523. The second kappa shape index (κ2) is 6.55. The van der Waals surface area contributed by atoms with E-state index in [-0.39, 0.29) is 11.8 Å². The summed E-state index contributed by atoms with van der Waals surface area (Å²) < 4.78 is 5.47. The smallest absolute Gasteiger partial charge is 0.228 e. The Labute approximate surface area is 138 Å². The van der Waals surface area contributed by atoms with Crippen molar-refractivity contribution in [3.05, 3.63) is 57.7 Å². The molecule has 2 aromatic rings. The van der Waals surface area contributed by atoms with Gasteiger partial charge in [0.1, 0.15) is 0 Å². The zero-order valence-electron chi connectivity index (χ0n) is 11.7. The van der Waals surface area contributed by atoms with E-state index >= 15 is 0 Å². The topological polar surface area (TPSA) is 51.2 Å². The normalized spacial score (nSPS) is 16.5. The summed E-state index contributed by atoms with van der Waals surface area (Å²) in [6.07, 6.45) is 2.30. The lowest BCUT2D eigenvalue weighted by Gasteiger charge is -2.24. The highest BCUT2D eigenvalue weighted by molar-refractivity contribution is 6.35. The van der Waals surface area contributed by atoms with Crippen LogP contribution in [-0.2, 0) is 11.3 Å². The summed E-state index contributed by atoms with van der Waals surface area (Å²) in [5.74, 6) is 0.241. The zero-order valence-corrected chi connectivity index (χ0v) is 13.2. The van der Waals surface area contributed by atoms with Gasteiger partial charge >= 0.3 is 0 Å². The van der Waals surface area contributed by atoms with E-state index in [0.717, 1.165) is 11.1 Å². The van der Waals surface area contributed by atoms with Crippen LogP contribution in [0.2, 0.25) is 10.0 Å². The fourth-order valence-corrected chi connectivity index (χ4v) is 2.94. The highest BCUT2D eigenvalue weighted by atomic mass is 35.5. The third-order valence-electron chi connectivity index (χ3n) is 3.61. The minimum atomic E-state index is -0.247. The summed E-state index contributed by atoms with van der Waals surface area (Å²) in [5, 5.41) is 4.04. The molecule has 114 valence electrons. The molecule has 0 saturated carbocycles. The highest BCUT2D eigenvalue weighted by Gasteiger charge is 2.28. The molecule has 3 rings (SSSR count). The molecule has 0 saturated heterocycles. The summed E-state index contributed by atoms with van der Waals surface area (Å²) >= 11 is 12.0. The summed E-state index contributed by atoms with van der Waals surface area (Å²) in [5.41, 5.74) is 1.66. The van der Waals surface area contributed by atoms with Gasteiger partial charge in [-0.3, -0.25) is 4.79 Å². The third-order valence-corrected chi connectivity index (χ3v) is 4.19. The van der Waals surface area contributed by atoms with Gasteiger partial charge in [-0.1, -0.05) is 35.3 Å². The van der Waals surface area contributed by atoms with Crippen molar-refractivity contribution in [3.8, 4) is 5.88 Å². The van der Waals surface area contributed by atoms with Gasteiger partial charge in [0.05, 0.1) is 12.5 Å². The van der Waals surface area contributed by atoms with Crippen molar-refractivity contribution >= 4 is 29.1 Å². The molecular formula is C16H14Cl2N2O2. The predicted molar refractivity (Wildman–Crippen MR) is 85.4 cm³/mol. The van der Waals surface area contributed by atoms with Gasteiger partial charge in [0.15, 0.2) is 0 Å². The molecular weight excluding hydrogens is 323 g/mol. The van der Waals surface area contributed by atoms with Crippen molar-refractivity contribution in [2.75, 3.05) is 6.61 Å². The molecule has 4 nitrogen and oxygen atoms in total. The molecule has 0 radical (unpaired) electrons. The van der Waals surface area contributed by atoms with Gasteiger partial charge in [0, 0.05) is 28.4 Å². The largest absolute Gasteiger partial charge is 0.477 e. The van der Waals surface area contributed by atoms with Crippen molar-refractivity contribution in [2.24, 2.45) is 0 Å². The number of aromatic nitrogens is 1. The van der Waals surface area contributed by atoms with Crippen LogP contribution in [0, 0.1) is 0 Å². The van der Waals surface area contributed by atoms with Gasteiger partial charge in [-0.15, -0.1) is 0 Å². The third kappa shape index (κ3) is 3.18. The molecule has 0 bridgehead atoms. The molecule has 1 aliphatic heterocycles. The molecule has 1 aromatic heterocycles. The number of amides is 1. The maximum absolute atomic E-state index is 12.4. The second-order valence-corrected chi connectivity index (χ2v) is 5.88. The number of hydrogen-bond acceptors (Lipinski definition) is 3. The van der Waals surface area contributed by atoms with Gasteiger partial charge in [0.25, 0.3) is 0 Å². The van der Waals surface area contributed by atoms with Crippen LogP contribution in [0.25, 0.3) is 0 Å². The molecule has 0 aliphatic carbocycles. The highest BCUT2D eigenvalue weighted by Crippen LogP contribution is 2.31. The van der Waals surface area contributed by atoms with Gasteiger partial charge in [-0.05, 0) is 30.2 Å². The van der Waals surface area contributed by atoms with Crippen molar-refractivity contribution < 1.29 is 9.53 Å². The second-order valence-electron chi connectivity index (χ2n) is 5.04. The Morgan fingerprint density at radius 1 is 1.36 bits per heavy atom. The lowest BCUT2D eigenvalue weighted by atomic mass is 9.94. The average molecular weight is 337 g/mol. The number of carbonyl (C=O) groups is 1. The first kappa shape index (κ1) is 15.1. The van der Waals surface area contributed by atoms with Crippen LogP contribution in [0.4, 0.5) is 0 Å². The van der Waals surface area contributed by atoms with Crippen LogP contribution < -0.4 is 10.1 Å². The molecule has 1 amide bonds. The summed E-state index contributed by atoms with van der Waals surface area (Å²) in [6.45, 7) is 0.853. The van der Waals surface area contributed by atoms with Crippen molar-refractivity contribution in [3.63, 3.8) is 0 Å². The van der Waals surface area contributed by atoms with Gasteiger partial charge < -0.3 is 10.1 Å². The molecule has 1 N–H and O–H groups in total. The first-order valence-corrected chi connectivity index (χ1v) is 7.70. The number of rotatable bonds is 3. The number of carbonyl (C=O) groups excluding carboxylic acids is 1. The van der Waals surface area contributed by atoms with Crippen LogP contribution in [0.15, 0.2) is 36.5 Å². The van der Waals surface area contributed by atoms with Gasteiger partial charge in [-0.2, -0.15) is 0 Å². The summed E-state index contributed by atoms with van der Waals surface area (Å²) in [7, 11) is 0. The molecule has 1 aromatic carbocycles. The number of nitrogens with zero attached hydrogens (tertiary/aromatic N) is 1. The number of ether oxygens (including phenoxy) is 1. The van der Waals surface area contributed by atoms with E-state index in [1.165, 1.54) is 0 Å². The molecule has 6 heteroatoms. The molecule has 1 atom stereocenters. The summed E-state index contributed by atoms with van der Waals surface area (Å²) in [4.78, 5) is 16.6. The lowest BCUT2D eigenvalue weighted by molar-refractivity contribution is -0.123. The quantitative estimate of drug-likeness (QED) is 0.932. The molecule has 1 unspecified atom stereocenters. The standard InChI is InChI=1S/C16H14Cl2N2O2/c17-11-4-3-10(14(18)8-11)9-20-15(21)12-5-7-22-16-13(12)2-1-6-19-16/h1-4,6,8,12H,5,7,9H2,(H,20,21). The van der Waals surface area contributed by atoms with Crippen LogP contribution in [0.5, 0.6) is 5.88 Å². The van der Waals surface area contributed by atoms with Crippen LogP contribution in [0.3, 0.4) is 0 Å². The number of fused-ring (bicyclic) bond motifs is 1. The number of nitrogens with one attached hydrogen (secondary N) is 1. The molecule has 22 heavy (non-hydrogen) atoms. The summed E-state index contributed by atoms with van der Waals surface area (Å²) in [6, 6.07) is 8.91. The van der Waals surface area contributed by atoms with E-state index in [0.29, 0.717) is 35.5 Å². The fraction of sp³-hybridized carbons (Fsp3) is 0.250. The van der Waals surface area contributed by atoms with Crippen LogP contribution in [0.1, 0.15) is 23.5 Å². The van der Waals surface area contributed by atoms with E-state index in [1.54, 1.807) is 18.3 Å². The van der Waals surface area contributed by atoms with E-state index in [1.807, 2.05) is 18.2 Å². The van der Waals surface area contributed by atoms with Gasteiger partial charge in [0.2, 0.25) is 11.8 Å². The Morgan fingerprint density at radius 3 is 3.05 bits per heavy atom. The SMILES string of the molecule is O=C(NCc1ccc(Cl)cc1Cl)C1CCOc2ncccc21. The molecule has 2 heterocycles. The molecule has 0 spiro atoms. The van der Waals surface area contributed by atoms with E-state index in [4.69, 9.17) is 27.9 Å². The first-order valence-electron chi connectivity index (χ1n) is 6.94. The van der Waals surface area contributed by atoms with Crippen LogP contribution >= 0.6 is 23.2 Å². The lowest BCUT2D eigenvalue weighted by Crippen LogP contribution is -2.32. The van der Waals surface area contributed by atoms with E-state index < -0.39 is 0 Å². The van der Waals surface area contributed by atoms with E-state index in [9.17, 15) is 4.79 Å². The Hall–Kier alpha value is -1.78. The number of hydrogen-bond donors (Lipinski definition) is 1. The predicted octanol–water partition coefficient (Wildman–Crippen LogP) is 3.57. The first-order chi connectivity index (χ1) is 10.6. The Bertz CT molecular complexity index is 706. The minimum Gasteiger partial charge on any atom is -0.477 e. The fourth-order valence-electron chi connectivity index (χ4n) is 2.46. The Balaban J connectivity index is 1.70. The van der Waals surface area contributed by atoms with Gasteiger partial charge in [-0.25, -0.2) is 4.98 Å². The van der Waals surface area contributed by atoms with Crippen LogP contribution in [-0.4, -0.2) is 17.5 Å².